The highest BCUT2D eigenvalue weighted by Crippen LogP contribution is 2.36. The fourth-order valence-electron chi connectivity index (χ4n) is 3.22. The van der Waals surface area contributed by atoms with Crippen LogP contribution in [0.2, 0.25) is 0 Å². The van der Waals surface area contributed by atoms with Crippen LogP contribution in [-0.2, 0) is 6.18 Å². The molecule has 8 heteroatoms. The van der Waals surface area contributed by atoms with E-state index in [1.807, 2.05) is 0 Å². The highest BCUT2D eigenvalue weighted by Gasteiger charge is 2.31. The lowest BCUT2D eigenvalue weighted by atomic mass is 9.98. The molecule has 2 heterocycles. The minimum atomic E-state index is -4.53. The summed E-state index contributed by atoms with van der Waals surface area (Å²) in [6, 6.07) is 10.7. The Labute approximate surface area is 161 Å². The van der Waals surface area contributed by atoms with Crippen molar-refractivity contribution in [2.75, 3.05) is 0 Å². The van der Waals surface area contributed by atoms with Crippen molar-refractivity contribution in [1.29, 1.82) is 0 Å². The van der Waals surface area contributed by atoms with Gasteiger partial charge >= 0.3 is 6.18 Å². The molecule has 0 N–H and O–H groups in total. The molecule has 0 aliphatic rings. The highest BCUT2D eigenvalue weighted by atomic mass is 19.4. The largest absolute Gasteiger partial charge is 0.618 e. The lowest BCUT2D eigenvalue weighted by Gasteiger charge is -2.13. The van der Waals surface area contributed by atoms with Gasteiger partial charge in [-0.25, -0.2) is 13.8 Å². The van der Waals surface area contributed by atoms with Gasteiger partial charge in [0.15, 0.2) is 6.20 Å². The zero-order valence-corrected chi connectivity index (χ0v) is 14.5. The number of pyridine rings is 2. The predicted octanol–water partition coefficient (Wildman–Crippen LogP) is 5.50. The summed E-state index contributed by atoms with van der Waals surface area (Å²) in [7, 11) is 0. The van der Waals surface area contributed by atoms with E-state index in [0.29, 0.717) is 5.56 Å². The van der Waals surface area contributed by atoms with Crippen molar-refractivity contribution in [3.63, 3.8) is 0 Å². The molecule has 2 aromatic heterocycles. The molecule has 0 radical (unpaired) electrons. The van der Waals surface area contributed by atoms with Crippen molar-refractivity contribution in [3.05, 3.63) is 89.4 Å². The third-order valence-electron chi connectivity index (χ3n) is 4.51. The summed E-state index contributed by atoms with van der Waals surface area (Å²) in [4.78, 5) is 4.08. The van der Waals surface area contributed by atoms with E-state index in [-0.39, 0.29) is 26.9 Å². The highest BCUT2D eigenvalue weighted by molar-refractivity contribution is 5.99. The molecule has 0 unspecified atom stereocenters. The van der Waals surface area contributed by atoms with Crippen molar-refractivity contribution < 1.29 is 26.7 Å². The Bertz CT molecular complexity index is 1220. The van der Waals surface area contributed by atoms with Crippen molar-refractivity contribution in [2.24, 2.45) is 0 Å². The Kier molecular flexibility index (Phi) is 4.41. The molecule has 0 aliphatic heterocycles. The Morgan fingerprint density at radius 3 is 2.28 bits per heavy atom. The summed E-state index contributed by atoms with van der Waals surface area (Å²) in [5, 5.41) is 12.7. The van der Waals surface area contributed by atoms with Gasteiger partial charge in [0.2, 0.25) is 0 Å². The van der Waals surface area contributed by atoms with Crippen LogP contribution in [0.15, 0.2) is 67.0 Å². The van der Waals surface area contributed by atoms with Crippen molar-refractivity contribution in [2.45, 2.75) is 6.18 Å². The molecule has 0 atom stereocenters. The van der Waals surface area contributed by atoms with Crippen LogP contribution in [0.3, 0.4) is 0 Å². The fourth-order valence-corrected chi connectivity index (χ4v) is 3.22. The molecule has 0 saturated carbocycles. The van der Waals surface area contributed by atoms with E-state index >= 15 is 0 Å². The topological polar surface area (TPSA) is 39.8 Å². The Morgan fingerprint density at radius 2 is 1.59 bits per heavy atom. The van der Waals surface area contributed by atoms with Crippen molar-refractivity contribution >= 4 is 10.9 Å². The van der Waals surface area contributed by atoms with Crippen LogP contribution >= 0.6 is 0 Å². The molecule has 2 aromatic carbocycles. The number of nitrogens with zero attached hydrogens (tertiary/aromatic N) is 2. The van der Waals surface area contributed by atoms with Gasteiger partial charge in [0, 0.05) is 17.6 Å². The Hall–Kier alpha value is -3.55. The minimum Gasteiger partial charge on any atom is -0.618 e. The van der Waals surface area contributed by atoms with Crippen LogP contribution in [0.4, 0.5) is 22.0 Å². The summed E-state index contributed by atoms with van der Waals surface area (Å²) < 4.78 is 68.2. The molecular formula is C21H11F5N2O. The Balaban J connectivity index is 2.02. The van der Waals surface area contributed by atoms with Gasteiger partial charge in [-0.15, -0.1) is 0 Å². The van der Waals surface area contributed by atoms with E-state index in [9.17, 15) is 27.2 Å². The minimum absolute atomic E-state index is 0.0265. The zero-order valence-electron chi connectivity index (χ0n) is 14.5. The third kappa shape index (κ3) is 3.26. The van der Waals surface area contributed by atoms with Crippen LogP contribution in [-0.4, -0.2) is 4.98 Å². The van der Waals surface area contributed by atoms with Gasteiger partial charge < -0.3 is 5.21 Å². The number of aromatic nitrogens is 2. The Morgan fingerprint density at radius 1 is 0.897 bits per heavy atom. The predicted molar refractivity (Wildman–Crippen MR) is 96.5 cm³/mol. The van der Waals surface area contributed by atoms with Gasteiger partial charge in [0.1, 0.15) is 22.7 Å². The second kappa shape index (κ2) is 6.80. The van der Waals surface area contributed by atoms with Crippen LogP contribution < -0.4 is 4.73 Å². The normalized spacial score (nSPS) is 11.8. The number of rotatable bonds is 2. The first-order valence-electron chi connectivity index (χ1n) is 8.40. The number of benzene rings is 2. The number of fused-ring (bicyclic) bond motifs is 1. The number of hydrogen-bond acceptors (Lipinski definition) is 2. The smallest absolute Gasteiger partial charge is 0.416 e. The van der Waals surface area contributed by atoms with Crippen molar-refractivity contribution in [3.8, 4) is 22.4 Å². The van der Waals surface area contributed by atoms with Crippen LogP contribution in [0.25, 0.3) is 33.3 Å². The maximum atomic E-state index is 14.3. The molecule has 0 amide bonds. The number of hydrogen-bond donors (Lipinski definition) is 0. The van der Waals surface area contributed by atoms with Gasteiger partial charge in [0.05, 0.1) is 5.56 Å². The second-order valence-electron chi connectivity index (χ2n) is 6.29. The molecule has 0 fully saturated rings. The summed E-state index contributed by atoms with van der Waals surface area (Å²) in [6.07, 6.45) is -2.21. The van der Waals surface area contributed by atoms with E-state index in [1.54, 1.807) is 0 Å². The molecule has 0 spiro atoms. The molecule has 146 valence electrons. The van der Waals surface area contributed by atoms with E-state index in [2.05, 4.69) is 4.98 Å². The lowest BCUT2D eigenvalue weighted by molar-refractivity contribution is -0.592. The first-order valence-corrected chi connectivity index (χ1v) is 8.40. The molecular weight excluding hydrogens is 391 g/mol. The molecule has 0 aliphatic carbocycles. The van der Waals surface area contributed by atoms with Crippen LogP contribution in [0, 0.1) is 16.8 Å². The maximum absolute atomic E-state index is 14.3. The first kappa shape index (κ1) is 18.8. The number of halogens is 5. The molecule has 3 nitrogen and oxygen atoms in total. The third-order valence-corrected chi connectivity index (χ3v) is 4.51. The molecule has 0 bridgehead atoms. The molecule has 0 saturated heterocycles. The average Bonchev–Trinajstić information content (AvgIpc) is 2.68. The summed E-state index contributed by atoms with van der Waals surface area (Å²) >= 11 is 0. The van der Waals surface area contributed by atoms with Crippen LogP contribution in [0.5, 0.6) is 0 Å². The van der Waals surface area contributed by atoms with Gasteiger partial charge in [0.25, 0.3) is 5.69 Å². The standard InChI is InChI=1S/C21H11F5N2O/c22-16-5-2-6-17(23)18(16)20-19-15(8-10-28(20)29)14(7-9-27-19)12-3-1-4-13(11-12)21(24,25)26/h1-11H. The first-order chi connectivity index (χ1) is 13.8. The summed E-state index contributed by atoms with van der Waals surface area (Å²) in [5.41, 5.74) is -1.19. The van der Waals surface area contributed by atoms with Gasteiger partial charge in [-0.2, -0.15) is 17.9 Å². The zero-order chi connectivity index (χ0) is 20.8. The SMILES string of the molecule is [O-][n+]1ccc2c(-c3cccc(C(F)(F)F)c3)ccnc2c1-c1c(F)cccc1F. The molecule has 4 rings (SSSR count). The second-order valence-corrected chi connectivity index (χ2v) is 6.29. The lowest BCUT2D eigenvalue weighted by Crippen LogP contribution is -2.29. The van der Waals surface area contributed by atoms with Crippen LogP contribution in [0.1, 0.15) is 5.56 Å². The summed E-state index contributed by atoms with van der Waals surface area (Å²) in [6.45, 7) is 0. The molecule has 4 aromatic rings. The fraction of sp³-hybridized carbons (Fsp3) is 0.0476. The summed E-state index contributed by atoms with van der Waals surface area (Å²) in [5.74, 6) is -1.90. The van der Waals surface area contributed by atoms with Gasteiger partial charge in [-0.05, 0) is 41.5 Å². The van der Waals surface area contributed by atoms with E-state index < -0.39 is 28.9 Å². The average molecular weight is 402 g/mol. The number of alkyl halides is 3. The van der Waals surface area contributed by atoms with E-state index in [0.717, 1.165) is 36.5 Å². The van der Waals surface area contributed by atoms with Gasteiger partial charge in [-0.3, -0.25) is 0 Å². The van der Waals surface area contributed by atoms with Gasteiger partial charge in [-0.1, -0.05) is 18.2 Å². The monoisotopic (exact) mass is 402 g/mol. The van der Waals surface area contributed by atoms with E-state index in [4.69, 9.17) is 0 Å². The maximum Gasteiger partial charge on any atom is 0.416 e. The van der Waals surface area contributed by atoms with E-state index in [1.165, 1.54) is 30.5 Å². The van der Waals surface area contributed by atoms with Crippen molar-refractivity contribution in [1.82, 2.24) is 4.98 Å². The molecule has 29 heavy (non-hydrogen) atoms. The quantitative estimate of drug-likeness (QED) is 0.252.